The third kappa shape index (κ3) is 3.66. The molecule has 0 spiro atoms. The minimum atomic E-state index is -0.952. The second-order valence-electron chi connectivity index (χ2n) is 4.76. The van der Waals surface area contributed by atoms with Crippen molar-refractivity contribution in [2.75, 3.05) is 25.1 Å². The molecule has 20 heavy (non-hydrogen) atoms. The smallest absolute Gasteiger partial charge is 0.249 e. The maximum absolute atomic E-state index is 12.5. The molecule has 108 valence electrons. The number of hydrogen-bond acceptors (Lipinski definition) is 3. The number of nitrogens with one attached hydrogen (secondary N) is 1. The van der Waals surface area contributed by atoms with Crippen molar-refractivity contribution in [2.45, 2.75) is 12.5 Å². The molecule has 0 bridgehead atoms. The van der Waals surface area contributed by atoms with Gasteiger partial charge < -0.3 is 10.2 Å². The van der Waals surface area contributed by atoms with Crippen LogP contribution in [0.1, 0.15) is 18.0 Å². The highest BCUT2D eigenvalue weighted by Gasteiger charge is 2.30. The second kappa shape index (κ2) is 6.65. The van der Waals surface area contributed by atoms with E-state index in [1.807, 2.05) is 30.3 Å². The van der Waals surface area contributed by atoms with Gasteiger partial charge in [0, 0.05) is 42.3 Å². The Morgan fingerprint density at radius 1 is 1.30 bits per heavy atom. The van der Waals surface area contributed by atoms with Crippen LogP contribution in [0.4, 0.5) is 0 Å². The SMILES string of the molecule is CS(=O)CCN1CCC(=O)NC(c2ccccc2)C1=O. The Bertz CT molecular complexity index is 518. The van der Waals surface area contributed by atoms with Gasteiger partial charge in [0.1, 0.15) is 6.04 Å². The molecule has 0 aromatic heterocycles. The van der Waals surface area contributed by atoms with Crippen LogP contribution in [0.5, 0.6) is 0 Å². The lowest BCUT2D eigenvalue weighted by Gasteiger charge is -2.23. The lowest BCUT2D eigenvalue weighted by Crippen LogP contribution is -2.40. The first kappa shape index (κ1) is 14.7. The van der Waals surface area contributed by atoms with Crippen molar-refractivity contribution in [2.24, 2.45) is 0 Å². The number of rotatable bonds is 4. The molecule has 2 rings (SSSR count). The average Bonchev–Trinajstić information content (AvgIpc) is 2.58. The van der Waals surface area contributed by atoms with Gasteiger partial charge in [0.15, 0.2) is 0 Å². The maximum Gasteiger partial charge on any atom is 0.249 e. The molecule has 2 unspecified atom stereocenters. The average molecular weight is 294 g/mol. The Hall–Kier alpha value is -1.69. The molecule has 1 aromatic carbocycles. The lowest BCUT2D eigenvalue weighted by atomic mass is 10.1. The predicted octanol–water partition coefficient (Wildman–Crippen LogP) is 0.455. The van der Waals surface area contributed by atoms with Crippen molar-refractivity contribution in [1.82, 2.24) is 10.2 Å². The van der Waals surface area contributed by atoms with E-state index in [0.29, 0.717) is 18.8 Å². The molecule has 1 heterocycles. The van der Waals surface area contributed by atoms with E-state index in [4.69, 9.17) is 0 Å². The Morgan fingerprint density at radius 3 is 2.65 bits per heavy atom. The van der Waals surface area contributed by atoms with Crippen LogP contribution in [0.15, 0.2) is 30.3 Å². The fourth-order valence-corrected chi connectivity index (χ4v) is 2.63. The van der Waals surface area contributed by atoms with E-state index < -0.39 is 16.8 Å². The van der Waals surface area contributed by atoms with Crippen molar-refractivity contribution >= 4 is 22.6 Å². The molecular weight excluding hydrogens is 276 g/mol. The lowest BCUT2D eigenvalue weighted by molar-refractivity contribution is -0.133. The first-order valence-electron chi connectivity index (χ1n) is 6.51. The van der Waals surface area contributed by atoms with Crippen LogP contribution in [-0.4, -0.2) is 46.0 Å². The standard InChI is InChI=1S/C14H18N2O3S/c1-20(19)10-9-16-8-7-12(17)15-13(14(16)18)11-5-3-2-4-6-11/h2-6,13H,7-10H2,1H3,(H,15,17). The van der Waals surface area contributed by atoms with Crippen molar-refractivity contribution in [3.63, 3.8) is 0 Å². The maximum atomic E-state index is 12.5. The van der Waals surface area contributed by atoms with Gasteiger partial charge in [0.05, 0.1) is 0 Å². The first-order chi connectivity index (χ1) is 9.58. The highest BCUT2D eigenvalue weighted by molar-refractivity contribution is 7.84. The quantitative estimate of drug-likeness (QED) is 0.877. The number of carbonyl (C=O) groups excluding carboxylic acids is 2. The van der Waals surface area contributed by atoms with Gasteiger partial charge in [-0.15, -0.1) is 0 Å². The molecular formula is C14H18N2O3S. The Balaban J connectivity index is 2.19. The minimum Gasteiger partial charge on any atom is -0.340 e. The summed E-state index contributed by atoms with van der Waals surface area (Å²) in [6, 6.07) is 8.55. The Morgan fingerprint density at radius 2 is 2.00 bits per heavy atom. The largest absolute Gasteiger partial charge is 0.340 e. The fraction of sp³-hybridized carbons (Fsp3) is 0.429. The highest BCUT2D eigenvalue weighted by Crippen LogP contribution is 2.18. The molecule has 1 N–H and O–H groups in total. The van der Waals surface area contributed by atoms with E-state index in [-0.39, 0.29) is 18.2 Å². The van der Waals surface area contributed by atoms with E-state index in [1.54, 1.807) is 11.2 Å². The zero-order valence-corrected chi connectivity index (χ0v) is 12.2. The van der Waals surface area contributed by atoms with Gasteiger partial charge in [-0.05, 0) is 5.56 Å². The van der Waals surface area contributed by atoms with Crippen LogP contribution >= 0.6 is 0 Å². The second-order valence-corrected chi connectivity index (χ2v) is 6.32. The number of carbonyl (C=O) groups is 2. The summed E-state index contributed by atoms with van der Waals surface area (Å²) in [4.78, 5) is 25.9. The molecule has 2 atom stereocenters. The van der Waals surface area contributed by atoms with Crippen molar-refractivity contribution < 1.29 is 13.8 Å². The van der Waals surface area contributed by atoms with Gasteiger partial charge in [-0.1, -0.05) is 30.3 Å². The first-order valence-corrected chi connectivity index (χ1v) is 8.24. The van der Waals surface area contributed by atoms with E-state index in [0.717, 1.165) is 5.56 Å². The van der Waals surface area contributed by atoms with Gasteiger partial charge >= 0.3 is 0 Å². The van der Waals surface area contributed by atoms with E-state index in [2.05, 4.69) is 5.32 Å². The van der Waals surface area contributed by atoms with Crippen molar-refractivity contribution in [1.29, 1.82) is 0 Å². The molecule has 1 aliphatic rings. The third-order valence-corrected chi connectivity index (χ3v) is 4.01. The van der Waals surface area contributed by atoms with E-state index in [9.17, 15) is 13.8 Å². The third-order valence-electron chi connectivity index (χ3n) is 3.25. The van der Waals surface area contributed by atoms with Crippen LogP contribution in [-0.2, 0) is 20.4 Å². The highest BCUT2D eigenvalue weighted by atomic mass is 32.2. The van der Waals surface area contributed by atoms with Crippen LogP contribution in [0, 0.1) is 0 Å². The summed E-state index contributed by atoms with van der Waals surface area (Å²) in [5, 5.41) is 2.76. The Labute approximate surface area is 120 Å². The van der Waals surface area contributed by atoms with Gasteiger partial charge in [-0.25, -0.2) is 0 Å². The normalized spacial score (nSPS) is 21.2. The topological polar surface area (TPSA) is 66.5 Å². The summed E-state index contributed by atoms with van der Waals surface area (Å²) >= 11 is 0. The molecule has 1 aliphatic heterocycles. The summed E-state index contributed by atoms with van der Waals surface area (Å²) in [6.07, 6.45) is 1.89. The van der Waals surface area contributed by atoms with Crippen LogP contribution in [0.2, 0.25) is 0 Å². The summed E-state index contributed by atoms with van der Waals surface area (Å²) in [6.45, 7) is 0.797. The molecule has 2 amide bonds. The molecule has 1 saturated heterocycles. The number of benzene rings is 1. The zero-order chi connectivity index (χ0) is 14.5. The summed E-state index contributed by atoms with van der Waals surface area (Å²) in [5.74, 6) is 0.168. The van der Waals surface area contributed by atoms with Crippen LogP contribution in [0.3, 0.4) is 0 Å². The molecule has 1 fully saturated rings. The van der Waals surface area contributed by atoms with Gasteiger partial charge in [-0.2, -0.15) is 0 Å². The number of hydrogen-bond donors (Lipinski definition) is 1. The fourth-order valence-electron chi connectivity index (χ4n) is 2.16. The number of amides is 2. The molecule has 6 heteroatoms. The summed E-state index contributed by atoms with van der Waals surface area (Å²) in [7, 11) is -0.952. The Kier molecular flexibility index (Phi) is 4.89. The molecule has 1 aromatic rings. The van der Waals surface area contributed by atoms with E-state index in [1.165, 1.54) is 0 Å². The van der Waals surface area contributed by atoms with Gasteiger partial charge in [0.2, 0.25) is 11.8 Å². The van der Waals surface area contributed by atoms with Crippen molar-refractivity contribution in [3.05, 3.63) is 35.9 Å². The van der Waals surface area contributed by atoms with Crippen molar-refractivity contribution in [3.8, 4) is 0 Å². The summed E-state index contributed by atoms with van der Waals surface area (Å²) in [5.41, 5.74) is 0.773. The summed E-state index contributed by atoms with van der Waals surface area (Å²) < 4.78 is 11.2. The van der Waals surface area contributed by atoms with E-state index >= 15 is 0 Å². The van der Waals surface area contributed by atoms with Gasteiger partial charge in [-0.3, -0.25) is 13.8 Å². The predicted molar refractivity (Wildman–Crippen MR) is 77.5 cm³/mol. The molecule has 0 saturated carbocycles. The van der Waals surface area contributed by atoms with Gasteiger partial charge in [0.25, 0.3) is 0 Å². The monoisotopic (exact) mass is 294 g/mol. The molecule has 0 radical (unpaired) electrons. The molecule has 0 aliphatic carbocycles. The molecule has 5 nitrogen and oxygen atoms in total. The van der Waals surface area contributed by atoms with Crippen LogP contribution in [0.25, 0.3) is 0 Å². The minimum absolute atomic E-state index is 0.132. The van der Waals surface area contributed by atoms with Crippen LogP contribution < -0.4 is 5.32 Å². The number of nitrogens with zero attached hydrogens (tertiary/aromatic N) is 1. The zero-order valence-electron chi connectivity index (χ0n) is 11.4.